The van der Waals surface area contributed by atoms with Crippen LogP contribution in [0.5, 0.6) is 0 Å². The average Bonchev–Trinajstić information content (AvgIpc) is 2.56. The van der Waals surface area contributed by atoms with Crippen molar-refractivity contribution in [2.75, 3.05) is 26.2 Å². The maximum absolute atomic E-state index is 8.79. The topological polar surface area (TPSA) is 44.3 Å². The first-order chi connectivity index (χ1) is 11.2. The highest BCUT2D eigenvalue weighted by molar-refractivity contribution is 5.30. The molecule has 1 fully saturated rings. The van der Waals surface area contributed by atoms with E-state index in [-0.39, 0.29) is 0 Å². The molecule has 0 heterocycles. The monoisotopic (exact) mass is 318 g/mol. The molecule has 0 bridgehead atoms. The first kappa shape index (κ1) is 18.4. The fourth-order valence-corrected chi connectivity index (χ4v) is 3.55. The molecule has 3 heteroatoms. The van der Waals surface area contributed by atoms with E-state index in [9.17, 15) is 0 Å². The van der Waals surface area contributed by atoms with Crippen LogP contribution in [-0.4, -0.2) is 31.3 Å². The number of hydrogen-bond donors (Lipinski definition) is 3. The van der Waals surface area contributed by atoms with Crippen LogP contribution in [0.25, 0.3) is 0 Å². The molecule has 0 aliphatic heterocycles. The third-order valence-corrected chi connectivity index (χ3v) is 5.16. The number of aryl methyl sites for hydroxylation is 2. The Labute approximate surface area is 141 Å². The third kappa shape index (κ3) is 6.62. The molecule has 2 rings (SSSR count). The lowest BCUT2D eigenvalue weighted by Crippen LogP contribution is -2.31. The van der Waals surface area contributed by atoms with Crippen molar-refractivity contribution in [3.8, 4) is 0 Å². The molecule has 1 aromatic carbocycles. The quantitative estimate of drug-likeness (QED) is 0.613. The van der Waals surface area contributed by atoms with E-state index in [1.807, 2.05) is 0 Å². The number of aliphatic hydroxyl groups is 1. The highest BCUT2D eigenvalue weighted by Gasteiger charge is 2.20. The summed E-state index contributed by atoms with van der Waals surface area (Å²) in [6.07, 6.45) is 6.28. The Balaban J connectivity index is 1.60. The summed E-state index contributed by atoms with van der Waals surface area (Å²) in [4.78, 5) is 0. The summed E-state index contributed by atoms with van der Waals surface area (Å²) < 4.78 is 0. The van der Waals surface area contributed by atoms with E-state index in [1.165, 1.54) is 42.4 Å². The molecule has 23 heavy (non-hydrogen) atoms. The van der Waals surface area contributed by atoms with Crippen molar-refractivity contribution < 1.29 is 5.11 Å². The molecule has 0 spiro atoms. The van der Waals surface area contributed by atoms with Gasteiger partial charge in [-0.05, 0) is 88.5 Å². The molecule has 130 valence electrons. The van der Waals surface area contributed by atoms with Crippen molar-refractivity contribution in [3.63, 3.8) is 0 Å². The van der Waals surface area contributed by atoms with Crippen LogP contribution in [0.3, 0.4) is 0 Å². The third-order valence-electron chi connectivity index (χ3n) is 5.16. The molecule has 0 radical (unpaired) electrons. The smallest absolute Gasteiger partial charge is 0.0443 e. The van der Waals surface area contributed by atoms with Gasteiger partial charge in [-0.15, -0.1) is 0 Å². The van der Waals surface area contributed by atoms with Gasteiger partial charge in [-0.25, -0.2) is 0 Å². The van der Waals surface area contributed by atoms with Crippen LogP contribution in [0.2, 0.25) is 0 Å². The summed E-state index contributed by atoms with van der Waals surface area (Å²) in [7, 11) is 0. The number of hydrogen-bond acceptors (Lipinski definition) is 3. The van der Waals surface area contributed by atoms with Crippen LogP contribution in [0.1, 0.15) is 48.8 Å². The maximum atomic E-state index is 8.79. The van der Waals surface area contributed by atoms with Crippen molar-refractivity contribution in [1.29, 1.82) is 0 Å². The van der Waals surface area contributed by atoms with Crippen LogP contribution in [-0.2, 0) is 6.54 Å². The number of nitrogens with one attached hydrogen (secondary N) is 2. The van der Waals surface area contributed by atoms with Gasteiger partial charge in [0.05, 0.1) is 0 Å². The molecule has 0 aromatic heterocycles. The summed E-state index contributed by atoms with van der Waals surface area (Å²) in [5, 5.41) is 15.9. The van der Waals surface area contributed by atoms with Crippen molar-refractivity contribution in [3.05, 3.63) is 34.9 Å². The predicted molar refractivity (Wildman–Crippen MR) is 97.6 cm³/mol. The summed E-state index contributed by atoms with van der Waals surface area (Å²) in [6, 6.07) is 6.72. The molecule has 0 amide bonds. The van der Waals surface area contributed by atoms with Crippen LogP contribution in [0, 0.1) is 25.7 Å². The number of rotatable bonds is 9. The molecule has 0 saturated heterocycles. The second-order valence-electron chi connectivity index (χ2n) is 7.23. The van der Waals surface area contributed by atoms with Gasteiger partial charge in [-0.1, -0.05) is 23.8 Å². The molecular weight excluding hydrogens is 284 g/mol. The molecule has 1 aliphatic rings. The van der Waals surface area contributed by atoms with E-state index in [0.29, 0.717) is 6.61 Å². The van der Waals surface area contributed by atoms with Crippen LogP contribution in [0.15, 0.2) is 18.2 Å². The molecular formula is C20H34N2O. The van der Waals surface area contributed by atoms with E-state index >= 15 is 0 Å². The molecule has 3 nitrogen and oxygen atoms in total. The minimum absolute atomic E-state index is 0.297. The second-order valence-corrected chi connectivity index (χ2v) is 7.23. The normalized spacial score (nSPS) is 21.5. The fourth-order valence-electron chi connectivity index (χ4n) is 3.55. The Kier molecular flexibility index (Phi) is 8.07. The lowest BCUT2D eigenvalue weighted by atomic mass is 9.82. The second kappa shape index (κ2) is 10.1. The van der Waals surface area contributed by atoms with E-state index in [4.69, 9.17) is 5.11 Å². The van der Waals surface area contributed by atoms with E-state index in [2.05, 4.69) is 42.7 Å². The van der Waals surface area contributed by atoms with Gasteiger partial charge in [0.1, 0.15) is 0 Å². The molecule has 1 aromatic rings. The summed E-state index contributed by atoms with van der Waals surface area (Å²) >= 11 is 0. The fraction of sp³-hybridized carbons (Fsp3) is 0.700. The van der Waals surface area contributed by atoms with Crippen molar-refractivity contribution in [1.82, 2.24) is 10.6 Å². The lowest BCUT2D eigenvalue weighted by molar-refractivity contribution is 0.254. The lowest BCUT2D eigenvalue weighted by Gasteiger charge is -2.29. The SMILES string of the molecule is Cc1ccc(C)c(CNCC2CCC(CNCCCO)CC2)c1. The number of benzene rings is 1. The van der Waals surface area contributed by atoms with Gasteiger partial charge in [-0.2, -0.15) is 0 Å². The van der Waals surface area contributed by atoms with Crippen molar-refractivity contribution in [2.24, 2.45) is 11.8 Å². The molecule has 1 saturated carbocycles. The van der Waals surface area contributed by atoms with Gasteiger partial charge in [-0.3, -0.25) is 0 Å². The Morgan fingerprint density at radius 1 is 1.00 bits per heavy atom. The Hall–Kier alpha value is -0.900. The molecule has 0 atom stereocenters. The standard InChI is InChI=1S/C20H34N2O/c1-16-4-5-17(2)20(12-16)15-22-14-19-8-6-18(7-9-19)13-21-10-3-11-23/h4-5,12,18-19,21-23H,3,6-11,13-15H2,1-2H3. The molecule has 3 N–H and O–H groups in total. The largest absolute Gasteiger partial charge is 0.396 e. The van der Waals surface area contributed by atoms with Gasteiger partial charge in [0.25, 0.3) is 0 Å². The maximum Gasteiger partial charge on any atom is 0.0443 e. The van der Waals surface area contributed by atoms with Gasteiger partial charge in [0.15, 0.2) is 0 Å². The van der Waals surface area contributed by atoms with Crippen molar-refractivity contribution in [2.45, 2.75) is 52.5 Å². The minimum atomic E-state index is 0.297. The first-order valence-corrected chi connectivity index (χ1v) is 9.27. The summed E-state index contributed by atoms with van der Waals surface area (Å²) in [6.45, 7) is 8.89. The van der Waals surface area contributed by atoms with E-state index < -0.39 is 0 Å². The van der Waals surface area contributed by atoms with Crippen molar-refractivity contribution >= 4 is 0 Å². The van der Waals surface area contributed by atoms with Crippen LogP contribution < -0.4 is 10.6 Å². The van der Waals surface area contributed by atoms with Gasteiger partial charge >= 0.3 is 0 Å². The summed E-state index contributed by atoms with van der Waals surface area (Å²) in [5.41, 5.74) is 4.18. The zero-order valence-corrected chi connectivity index (χ0v) is 14.9. The van der Waals surface area contributed by atoms with Crippen LogP contribution >= 0.6 is 0 Å². The van der Waals surface area contributed by atoms with Gasteiger partial charge in [0.2, 0.25) is 0 Å². The Morgan fingerprint density at radius 2 is 1.65 bits per heavy atom. The van der Waals surface area contributed by atoms with E-state index in [1.54, 1.807) is 0 Å². The zero-order valence-electron chi connectivity index (χ0n) is 14.9. The summed E-state index contributed by atoms with van der Waals surface area (Å²) in [5.74, 6) is 1.68. The highest BCUT2D eigenvalue weighted by atomic mass is 16.3. The van der Waals surface area contributed by atoms with Crippen LogP contribution in [0.4, 0.5) is 0 Å². The van der Waals surface area contributed by atoms with Gasteiger partial charge < -0.3 is 15.7 Å². The Bertz CT molecular complexity index is 453. The van der Waals surface area contributed by atoms with E-state index in [0.717, 1.165) is 44.4 Å². The Morgan fingerprint density at radius 3 is 2.30 bits per heavy atom. The first-order valence-electron chi connectivity index (χ1n) is 9.27. The average molecular weight is 319 g/mol. The zero-order chi connectivity index (χ0) is 16.5. The van der Waals surface area contributed by atoms with Gasteiger partial charge in [0, 0.05) is 13.2 Å². The highest BCUT2D eigenvalue weighted by Crippen LogP contribution is 2.28. The minimum Gasteiger partial charge on any atom is -0.396 e. The predicted octanol–water partition coefficient (Wildman–Crippen LogP) is 3.17. The number of aliphatic hydroxyl groups excluding tert-OH is 1. The molecule has 1 aliphatic carbocycles. The molecule has 0 unspecified atom stereocenters.